The second-order valence-electron chi connectivity index (χ2n) is 10.7. The Morgan fingerprint density at radius 2 is 1.80 bits per heavy atom. The summed E-state index contributed by atoms with van der Waals surface area (Å²) in [4.78, 5) is 46.3. The normalized spacial score (nSPS) is 23.6. The van der Waals surface area contributed by atoms with Gasteiger partial charge in [0.05, 0.1) is 23.4 Å². The number of nitrogens with one attached hydrogen (secondary N) is 1. The van der Waals surface area contributed by atoms with Gasteiger partial charge in [-0.15, -0.1) is 11.3 Å². The van der Waals surface area contributed by atoms with Crippen LogP contribution >= 0.6 is 11.3 Å². The third-order valence-corrected chi connectivity index (χ3v) is 9.36. The molecule has 0 aliphatic carbocycles. The molecule has 7 heteroatoms. The third kappa shape index (κ3) is 3.72. The smallest absolute Gasteiger partial charge is 0.238 e. The summed E-state index contributed by atoms with van der Waals surface area (Å²) in [6.45, 7) is 2.55. The number of amides is 1. The number of hydrogen-bond acceptors (Lipinski definition) is 6. The van der Waals surface area contributed by atoms with E-state index in [1.165, 1.54) is 11.3 Å². The number of thiophene rings is 1. The van der Waals surface area contributed by atoms with Crippen LogP contribution in [0.5, 0.6) is 5.75 Å². The van der Waals surface area contributed by atoms with Gasteiger partial charge < -0.3 is 15.0 Å². The van der Waals surface area contributed by atoms with Crippen LogP contribution in [0, 0.1) is 5.92 Å². The SMILES string of the molecule is CCCOc1cccc(C(=O)[C@@H]2[C@H](C(=O)c3cccs3)N3C=Cc4ccccc4[C@H]3[C@@]23C(=O)Nc2ccccc23)c1. The average Bonchev–Trinajstić information content (AvgIpc) is 3.72. The molecule has 3 aromatic carbocycles. The average molecular weight is 561 g/mol. The van der Waals surface area contributed by atoms with E-state index in [4.69, 9.17) is 4.74 Å². The summed E-state index contributed by atoms with van der Waals surface area (Å²) in [5, 5.41) is 4.95. The lowest BCUT2D eigenvalue weighted by molar-refractivity contribution is -0.122. The molecule has 0 radical (unpaired) electrons. The maximum atomic E-state index is 14.9. The fraction of sp³-hybridized carbons (Fsp3) is 0.206. The first-order chi connectivity index (χ1) is 20.1. The minimum absolute atomic E-state index is 0.167. The van der Waals surface area contributed by atoms with Crippen LogP contribution in [0.25, 0.3) is 6.08 Å². The molecule has 1 N–H and O–H groups in total. The van der Waals surface area contributed by atoms with Crippen molar-refractivity contribution in [2.45, 2.75) is 30.8 Å². The number of nitrogens with zero attached hydrogens (tertiary/aromatic N) is 1. The van der Waals surface area contributed by atoms with Crippen LogP contribution in [0.2, 0.25) is 0 Å². The van der Waals surface area contributed by atoms with Crippen molar-refractivity contribution in [3.05, 3.63) is 124 Å². The first-order valence-electron chi connectivity index (χ1n) is 13.9. The predicted octanol–water partition coefficient (Wildman–Crippen LogP) is 6.52. The van der Waals surface area contributed by atoms with E-state index in [9.17, 15) is 14.4 Å². The number of ether oxygens (including phenoxy) is 1. The van der Waals surface area contributed by atoms with Crippen molar-refractivity contribution in [2.75, 3.05) is 11.9 Å². The topological polar surface area (TPSA) is 75.7 Å². The highest BCUT2D eigenvalue weighted by molar-refractivity contribution is 7.12. The van der Waals surface area contributed by atoms with Gasteiger partial charge in [-0.05, 0) is 58.8 Å². The number of para-hydroxylation sites is 1. The predicted molar refractivity (Wildman–Crippen MR) is 159 cm³/mol. The Labute approximate surface area is 242 Å². The van der Waals surface area contributed by atoms with Gasteiger partial charge in [0.1, 0.15) is 17.2 Å². The van der Waals surface area contributed by atoms with Gasteiger partial charge in [0.2, 0.25) is 5.91 Å². The Kier molecular flexibility index (Phi) is 6.12. The van der Waals surface area contributed by atoms with Gasteiger partial charge in [-0.1, -0.05) is 67.6 Å². The van der Waals surface area contributed by atoms with Gasteiger partial charge >= 0.3 is 0 Å². The van der Waals surface area contributed by atoms with Crippen LogP contribution < -0.4 is 10.1 Å². The molecule has 41 heavy (non-hydrogen) atoms. The van der Waals surface area contributed by atoms with Crippen molar-refractivity contribution >= 4 is 40.6 Å². The molecule has 0 unspecified atom stereocenters. The quantitative estimate of drug-likeness (QED) is 0.261. The van der Waals surface area contributed by atoms with Crippen molar-refractivity contribution in [3.8, 4) is 5.75 Å². The van der Waals surface area contributed by atoms with E-state index in [1.807, 2.05) is 90.1 Å². The van der Waals surface area contributed by atoms with Crippen LogP contribution in [-0.4, -0.2) is 35.0 Å². The molecule has 7 rings (SSSR count). The number of carbonyl (C=O) groups is 3. The number of anilines is 1. The largest absolute Gasteiger partial charge is 0.494 e. The van der Waals surface area contributed by atoms with Gasteiger partial charge in [0, 0.05) is 17.5 Å². The molecule has 1 aromatic heterocycles. The highest BCUT2D eigenvalue weighted by atomic mass is 32.1. The van der Waals surface area contributed by atoms with Gasteiger partial charge in [0.15, 0.2) is 11.6 Å². The van der Waals surface area contributed by atoms with E-state index in [0.29, 0.717) is 28.5 Å². The van der Waals surface area contributed by atoms with Crippen molar-refractivity contribution in [3.63, 3.8) is 0 Å². The minimum Gasteiger partial charge on any atom is -0.494 e. The van der Waals surface area contributed by atoms with Crippen molar-refractivity contribution < 1.29 is 19.1 Å². The molecule has 1 fully saturated rings. The van der Waals surface area contributed by atoms with E-state index >= 15 is 0 Å². The summed E-state index contributed by atoms with van der Waals surface area (Å²) in [6, 6.07) is 24.8. The first kappa shape index (κ1) is 25.5. The van der Waals surface area contributed by atoms with E-state index in [0.717, 1.165) is 23.1 Å². The van der Waals surface area contributed by atoms with Crippen LogP contribution in [0.15, 0.2) is 96.5 Å². The molecule has 204 valence electrons. The molecule has 4 aromatic rings. The maximum absolute atomic E-state index is 14.9. The van der Waals surface area contributed by atoms with Gasteiger partial charge in [-0.2, -0.15) is 0 Å². The number of carbonyl (C=O) groups excluding carboxylic acids is 3. The van der Waals surface area contributed by atoms with E-state index < -0.39 is 23.4 Å². The molecule has 6 nitrogen and oxygen atoms in total. The Hall–Kier alpha value is -4.49. The molecule has 4 heterocycles. The Bertz CT molecular complexity index is 1710. The van der Waals surface area contributed by atoms with Crippen molar-refractivity contribution in [1.29, 1.82) is 0 Å². The minimum atomic E-state index is -1.34. The molecule has 0 saturated carbocycles. The van der Waals surface area contributed by atoms with E-state index in [-0.39, 0.29) is 17.5 Å². The van der Waals surface area contributed by atoms with Crippen molar-refractivity contribution in [1.82, 2.24) is 4.90 Å². The number of benzene rings is 3. The van der Waals surface area contributed by atoms with Crippen LogP contribution in [0.1, 0.15) is 56.1 Å². The molecule has 3 aliphatic heterocycles. The monoisotopic (exact) mass is 560 g/mol. The van der Waals surface area contributed by atoms with Gasteiger partial charge in [0.25, 0.3) is 0 Å². The van der Waals surface area contributed by atoms with E-state index in [1.54, 1.807) is 24.3 Å². The van der Waals surface area contributed by atoms with Gasteiger partial charge in [-0.25, -0.2) is 0 Å². The summed E-state index contributed by atoms with van der Waals surface area (Å²) < 4.78 is 5.86. The Balaban J connectivity index is 1.50. The maximum Gasteiger partial charge on any atom is 0.238 e. The standard InChI is InChI=1S/C34H28N2O4S/c1-2-18-40-23-11-7-10-22(20-23)30(37)28-29(31(38)27-15-8-19-41-27)36-17-16-21-9-3-4-12-24(21)32(36)34(28)25-13-5-6-14-26(25)35-33(34)39/h3-17,19-20,28-29,32H,2,18H2,1H3,(H,35,39)/t28-,29+,32-,34-/m0/s1. The number of fused-ring (bicyclic) bond motifs is 6. The summed E-state index contributed by atoms with van der Waals surface area (Å²) in [6.07, 6.45) is 4.70. The highest BCUT2D eigenvalue weighted by Crippen LogP contribution is 2.62. The Morgan fingerprint density at radius 3 is 2.63 bits per heavy atom. The number of hydrogen-bond donors (Lipinski definition) is 1. The summed E-state index contributed by atoms with van der Waals surface area (Å²) in [7, 11) is 0. The number of ketones is 2. The Morgan fingerprint density at radius 1 is 0.976 bits per heavy atom. The summed E-state index contributed by atoms with van der Waals surface area (Å²) in [5.74, 6) is -1.10. The molecular weight excluding hydrogens is 532 g/mol. The highest BCUT2D eigenvalue weighted by Gasteiger charge is 2.70. The lowest BCUT2D eigenvalue weighted by atomic mass is 9.63. The number of rotatable bonds is 7. The zero-order valence-electron chi connectivity index (χ0n) is 22.4. The molecular formula is C34H28N2O4S. The fourth-order valence-corrected chi connectivity index (χ4v) is 7.57. The van der Waals surface area contributed by atoms with Crippen molar-refractivity contribution in [2.24, 2.45) is 5.92 Å². The molecule has 1 saturated heterocycles. The lowest BCUT2D eigenvalue weighted by Gasteiger charge is -2.38. The number of Topliss-reactive ketones (excluding diaryl/α,β-unsaturated/α-hetero) is 2. The molecule has 1 spiro atoms. The van der Waals surface area contributed by atoms with E-state index in [2.05, 4.69) is 5.32 Å². The zero-order valence-corrected chi connectivity index (χ0v) is 23.3. The first-order valence-corrected chi connectivity index (χ1v) is 14.7. The summed E-state index contributed by atoms with van der Waals surface area (Å²) >= 11 is 1.35. The zero-order chi connectivity index (χ0) is 28.1. The molecule has 3 aliphatic rings. The third-order valence-electron chi connectivity index (χ3n) is 8.48. The molecule has 0 bridgehead atoms. The second-order valence-corrected chi connectivity index (χ2v) is 11.6. The lowest BCUT2D eigenvalue weighted by Crippen LogP contribution is -2.49. The van der Waals surface area contributed by atoms with Crippen LogP contribution in [-0.2, 0) is 10.2 Å². The van der Waals surface area contributed by atoms with Crippen LogP contribution in [0.4, 0.5) is 5.69 Å². The molecule has 1 amide bonds. The fourth-order valence-electron chi connectivity index (χ4n) is 6.87. The summed E-state index contributed by atoms with van der Waals surface area (Å²) in [5.41, 5.74) is 2.37. The molecule has 4 atom stereocenters. The van der Waals surface area contributed by atoms with Gasteiger partial charge in [-0.3, -0.25) is 14.4 Å². The van der Waals surface area contributed by atoms with Crippen LogP contribution in [0.3, 0.4) is 0 Å². The second kappa shape index (κ2) is 9.85.